The second kappa shape index (κ2) is 4.35. The molecule has 0 amide bonds. The van der Waals surface area contributed by atoms with Crippen LogP contribution in [0.15, 0.2) is 42.7 Å². The van der Waals surface area contributed by atoms with Crippen molar-refractivity contribution < 1.29 is 0 Å². The van der Waals surface area contributed by atoms with Crippen LogP contribution in [0.4, 0.5) is 5.82 Å². The van der Waals surface area contributed by atoms with E-state index in [1.54, 1.807) is 6.20 Å². The maximum atomic E-state index is 9.21. The average molecular weight is 247 g/mol. The van der Waals surface area contributed by atoms with Crippen LogP contribution in [-0.4, -0.2) is 15.0 Å². The number of aromatic nitrogens is 3. The number of anilines is 1. The monoisotopic (exact) mass is 247 g/mol. The van der Waals surface area contributed by atoms with Crippen LogP contribution in [0.25, 0.3) is 22.2 Å². The molecule has 3 aromatic rings. The summed E-state index contributed by atoms with van der Waals surface area (Å²) in [6.07, 6.45) is 3.01. The molecule has 0 bridgehead atoms. The van der Waals surface area contributed by atoms with E-state index in [1.165, 1.54) is 6.20 Å². The first-order valence-corrected chi connectivity index (χ1v) is 5.66. The van der Waals surface area contributed by atoms with Gasteiger partial charge >= 0.3 is 0 Å². The van der Waals surface area contributed by atoms with Gasteiger partial charge in [0.05, 0.1) is 23.6 Å². The smallest absolute Gasteiger partial charge is 0.150 e. The zero-order valence-electron chi connectivity index (χ0n) is 9.91. The number of benzene rings is 1. The van der Waals surface area contributed by atoms with Crippen LogP contribution in [-0.2, 0) is 0 Å². The highest BCUT2D eigenvalue weighted by Gasteiger charge is 2.10. The van der Waals surface area contributed by atoms with Crippen LogP contribution in [0.2, 0.25) is 0 Å². The Morgan fingerprint density at radius 3 is 2.68 bits per heavy atom. The molecule has 90 valence electrons. The molecular weight excluding hydrogens is 238 g/mol. The van der Waals surface area contributed by atoms with Gasteiger partial charge in [-0.05, 0) is 12.1 Å². The lowest BCUT2D eigenvalue weighted by Crippen LogP contribution is -1.96. The van der Waals surface area contributed by atoms with Crippen LogP contribution in [0.3, 0.4) is 0 Å². The SMILES string of the molecule is N#Cc1nc2ccccc2cc1-c1cnc(N)cn1. The predicted molar refractivity (Wildman–Crippen MR) is 71.9 cm³/mol. The fourth-order valence-electron chi connectivity index (χ4n) is 1.87. The summed E-state index contributed by atoms with van der Waals surface area (Å²) in [4.78, 5) is 12.5. The number of hydrogen-bond acceptors (Lipinski definition) is 5. The van der Waals surface area contributed by atoms with Gasteiger partial charge in [0.25, 0.3) is 0 Å². The number of rotatable bonds is 1. The Kier molecular flexibility index (Phi) is 2.54. The number of nitrogen functional groups attached to an aromatic ring is 1. The Morgan fingerprint density at radius 1 is 1.11 bits per heavy atom. The zero-order chi connectivity index (χ0) is 13.2. The molecule has 0 aliphatic heterocycles. The lowest BCUT2D eigenvalue weighted by Gasteiger charge is -2.05. The molecule has 0 saturated heterocycles. The Hall–Kier alpha value is -3.00. The first-order valence-electron chi connectivity index (χ1n) is 5.66. The Balaban J connectivity index is 2.27. The highest BCUT2D eigenvalue weighted by atomic mass is 14.9. The molecule has 2 aromatic heterocycles. The summed E-state index contributed by atoms with van der Waals surface area (Å²) in [6.45, 7) is 0. The van der Waals surface area contributed by atoms with E-state index >= 15 is 0 Å². The normalized spacial score (nSPS) is 10.3. The summed E-state index contributed by atoms with van der Waals surface area (Å²) < 4.78 is 0. The standard InChI is InChI=1S/C14H9N5/c15-6-12-10(13-7-18-14(16)8-17-13)5-9-3-1-2-4-11(9)19-12/h1-5,7-8H,(H2,16,18). The summed E-state index contributed by atoms with van der Waals surface area (Å²) in [5, 5.41) is 10.2. The van der Waals surface area contributed by atoms with Gasteiger partial charge in [-0.2, -0.15) is 5.26 Å². The molecule has 0 spiro atoms. The first kappa shape index (κ1) is 11.1. The fraction of sp³-hybridized carbons (Fsp3) is 0. The maximum Gasteiger partial charge on any atom is 0.150 e. The molecule has 0 radical (unpaired) electrons. The molecule has 19 heavy (non-hydrogen) atoms. The lowest BCUT2D eigenvalue weighted by atomic mass is 10.1. The van der Waals surface area contributed by atoms with Crippen LogP contribution in [0.5, 0.6) is 0 Å². The molecule has 2 heterocycles. The van der Waals surface area contributed by atoms with Crippen molar-refractivity contribution in [3.63, 3.8) is 0 Å². The molecule has 5 nitrogen and oxygen atoms in total. The van der Waals surface area contributed by atoms with Gasteiger partial charge in [-0.3, -0.25) is 4.98 Å². The number of nitrogens with two attached hydrogens (primary N) is 1. The van der Waals surface area contributed by atoms with Gasteiger partial charge in [0.2, 0.25) is 0 Å². The van der Waals surface area contributed by atoms with Crippen LogP contribution < -0.4 is 5.73 Å². The fourth-order valence-corrected chi connectivity index (χ4v) is 1.87. The Bertz CT molecular complexity index is 787. The minimum atomic E-state index is 0.331. The molecule has 0 aliphatic carbocycles. The largest absolute Gasteiger partial charge is 0.382 e. The van der Waals surface area contributed by atoms with E-state index in [0.717, 1.165) is 10.9 Å². The number of fused-ring (bicyclic) bond motifs is 1. The van der Waals surface area contributed by atoms with Gasteiger partial charge in [-0.25, -0.2) is 9.97 Å². The predicted octanol–water partition coefficient (Wildman–Crippen LogP) is 2.15. The van der Waals surface area contributed by atoms with Crippen molar-refractivity contribution in [2.75, 3.05) is 5.73 Å². The van der Waals surface area contributed by atoms with Gasteiger partial charge in [0, 0.05) is 10.9 Å². The summed E-state index contributed by atoms with van der Waals surface area (Å²) in [5.74, 6) is 0.344. The quantitative estimate of drug-likeness (QED) is 0.711. The van der Waals surface area contributed by atoms with Gasteiger partial charge in [0.15, 0.2) is 5.69 Å². The van der Waals surface area contributed by atoms with Gasteiger partial charge in [-0.15, -0.1) is 0 Å². The van der Waals surface area contributed by atoms with Gasteiger partial charge < -0.3 is 5.73 Å². The van der Waals surface area contributed by atoms with Crippen molar-refractivity contribution >= 4 is 16.7 Å². The van der Waals surface area contributed by atoms with Crippen molar-refractivity contribution in [1.82, 2.24) is 15.0 Å². The first-order chi connectivity index (χ1) is 9.28. The Morgan fingerprint density at radius 2 is 1.95 bits per heavy atom. The summed E-state index contributed by atoms with van der Waals surface area (Å²) >= 11 is 0. The lowest BCUT2D eigenvalue weighted by molar-refractivity contribution is 1.20. The minimum Gasteiger partial charge on any atom is -0.382 e. The average Bonchev–Trinajstić information content (AvgIpc) is 2.46. The van der Waals surface area contributed by atoms with E-state index < -0.39 is 0 Å². The van der Waals surface area contributed by atoms with E-state index in [1.807, 2.05) is 30.3 Å². The molecule has 0 atom stereocenters. The number of para-hydroxylation sites is 1. The molecule has 3 rings (SSSR count). The highest BCUT2D eigenvalue weighted by molar-refractivity contribution is 5.85. The third kappa shape index (κ3) is 1.96. The molecule has 0 unspecified atom stereocenters. The molecule has 0 fully saturated rings. The van der Waals surface area contributed by atoms with Crippen molar-refractivity contribution in [1.29, 1.82) is 5.26 Å². The third-order valence-electron chi connectivity index (χ3n) is 2.78. The highest BCUT2D eigenvalue weighted by Crippen LogP contribution is 2.24. The number of pyridine rings is 1. The molecule has 0 aliphatic rings. The van der Waals surface area contributed by atoms with Gasteiger partial charge in [-0.1, -0.05) is 18.2 Å². The number of hydrogen-bond donors (Lipinski definition) is 1. The summed E-state index contributed by atoms with van der Waals surface area (Å²) in [5.41, 5.74) is 7.87. The van der Waals surface area contributed by atoms with E-state index in [0.29, 0.717) is 22.8 Å². The molecule has 0 saturated carbocycles. The number of nitrogens with zero attached hydrogens (tertiary/aromatic N) is 4. The maximum absolute atomic E-state index is 9.21. The van der Waals surface area contributed by atoms with E-state index in [2.05, 4.69) is 21.0 Å². The number of nitriles is 1. The third-order valence-corrected chi connectivity index (χ3v) is 2.78. The second-order valence-corrected chi connectivity index (χ2v) is 4.02. The molecular formula is C14H9N5. The van der Waals surface area contributed by atoms with Crippen molar-refractivity contribution in [2.45, 2.75) is 0 Å². The van der Waals surface area contributed by atoms with Crippen LogP contribution in [0, 0.1) is 11.3 Å². The van der Waals surface area contributed by atoms with Crippen LogP contribution in [0.1, 0.15) is 5.69 Å². The summed E-state index contributed by atoms with van der Waals surface area (Å²) in [6, 6.07) is 11.6. The minimum absolute atomic E-state index is 0.331. The molecule has 5 heteroatoms. The zero-order valence-corrected chi connectivity index (χ0v) is 9.91. The van der Waals surface area contributed by atoms with Crippen LogP contribution >= 0.6 is 0 Å². The topological polar surface area (TPSA) is 88.5 Å². The molecule has 2 N–H and O–H groups in total. The van der Waals surface area contributed by atoms with E-state index in [4.69, 9.17) is 5.73 Å². The van der Waals surface area contributed by atoms with E-state index in [9.17, 15) is 5.26 Å². The van der Waals surface area contributed by atoms with Crippen molar-refractivity contribution in [3.8, 4) is 17.3 Å². The van der Waals surface area contributed by atoms with Crippen molar-refractivity contribution in [3.05, 3.63) is 48.4 Å². The summed E-state index contributed by atoms with van der Waals surface area (Å²) in [7, 11) is 0. The second-order valence-electron chi connectivity index (χ2n) is 4.02. The van der Waals surface area contributed by atoms with Crippen molar-refractivity contribution in [2.24, 2.45) is 0 Å². The molecule has 1 aromatic carbocycles. The van der Waals surface area contributed by atoms with Gasteiger partial charge in [0.1, 0.15) is 11.9 Å². The van der Waals surface area contributed by atoms with E-state index in [-0.39, 0.29) is 0 Å². The Labute approximate surface area is 109 Å².